The number of nitrogens with zero attached hydrogens (tertiary/aromatic N) is 2. The average molecular weight is 454 g/mol. The molecule has 3 aromatic rings. The summed E-state index contributed by atoms with van der Waals surface area (Å²) in [7, 11) is -4.01. The summed E-state index contributed by atoms with van der Waals surface area (Å²) >= 11 is 1.36. The number of urea groups is 1. The number of rotatable bonds is 6. The Labute approximate surface area is 184 Å². The lowest BCUT2D eigenvalue weighted by Crippen LogP contribution is -2.34. The summed E-state index contributed by atoms with van der Waals surface area (Å²) in [6.07, 6.45) is 1.51. The molecule has 8 nitrogen and oxygen atoms in total. The third kappa shape index (κ3) is 5.28. The van der Waals surface area contributed by atoms with E-state index in [4.69, 9.17) is 5.73 Å². The fraction of sp³-hybridized carbons (Fsp3) is 0.0952. The van der Waals surface area contributed by atoms with Crippen molar-refractivity contribution >= 4 is 38.7 Å². The van der Waals surface area contributed by atoms with E-state index in [1.807, 2.05) is 31.4 Å². The molecule has 158 valence electrons. The summed E-state index contributed by atoms with van der Waals surface area (Å²) in [5, 5.41) is 15.0. The second-order valence-electron chi connectivity index (χ2n) is 6.66. The number of amides is 2. The number of primary amides is 1. The number of hydrogen-bond acceptors (Lipinski definition) is 7. The number of aromatic nitrogens is 1. The second kappa shape index (κ2) is 8.99. The summed E-state index contributed by atoms with van der Waals surface area (Å²) in [5.74, 6) is 0. The minimum Gasteiger partial charge on any atom is -0.360 e. The number of carbonyl (C=O) groups is 1. The number of nitrogens with two attached hydrogens (primary N) is 1. The van der Waals surface area contributed by atoms with Crippen LogP contribution in [0, 0.1) is 25.2 Å². The number of aryl methyl sites for hydroxylation is 2. The van der Waals surface area contributed by atoms with Gasteiger partial charge in [-0.25, -0.2) is 22.9 Å². The van der Waals surface area contributed by atoms with Gasteiger partial charge in [0.1, 0.15) is 16.6 Å². The van der Waals surface area contributed by atoms with E-state index in [2.05, 4.69) is 22.4 Å². The monoisotopic (exact) mass is 453 g/mol. The molecule has 4 N–H and O–H groups in total. The Bertz CT molecular complexity index is 1300. The maximum atomic E-state index is 11.9. The Morgan fingerprint density at radius 3 is 2.52 bits per heavy atom. The molecule has 1 aromatic heterocycles. The first-order valence-corrected chi connectivity index (χ1v) is 11.4. The molecule has 0 bridgehead atoms. The molecule has 0 spiro atoms. The number of thiazole rings is 1. The van der Waals surface area contributed by atoms with Gasteiger partial charge in [-0.2, -0.15) is 5.26 Å². The fourth-order valence-corrected chi connectivity index (χ4v) is 4.50. The van der Waals surface area contributed by atoms with E-state index in [9.17, 15) is 18.5 Å². The number of carbonyl (C=O) groups excluding carboxylic acids is 1. The molecule has 0 fully saturated rings. The van der Waals surface area contributed by atoms with Crippen molar-refractivity contribution < 1.29 is 13.2 Å². The van der Waals surface area contributed by atoms with Crippen molar-refractivity contribution in [3.05, 3.63) is 70.2 Å². The molecule has 3 rings (SSSR count). The Balaban J connectivity index is 1.78. The van der Waals surface area contributed by atoms with Gasteiger partial charge < -0.3 is 11.1 Å². The van der Waals surface area contributed by atoms with E-state index in [-0.39, 0.29) is 4.90 Å². The molecule has 0 aliphatic rings. The van der Waals surface area contributed by atoms with Gasteiger partial charge in [-0.1, -0.05) is 23.8 Å². The SMILES string of the molecule is Cc1ccc(-c2csc(/C(C#N)=C/Nc3ccc(S(=O)(=O)NC(N)=O)cc3)n2)c(C)c1. The predicted octanol–water partition coefficient (Wildman–Crippen LogP) is 3.76. The highest BCUT2D eigenvalue weighted by atomic mass is 32.2. The first kappa shape index (κ1) is 22.0. The van der Waals surface area contributed by atoms with Crippen molar-refractivity contribution in [2.45, 2.75) is 18.7 Å². The van der Waals surface area contributed by atoms with E-state index in [0.29, 0.717) is 16.3 Å². The molecule has 0 aliphatic carbocycles. The number of allylic oxidation sites excluding steroid dienone is 1. The zero-order chi connectivity index (χ0) is 22.6. The summed E-state index contributed by atoms with van der Waals surface area (Å²) in [4.78, 5) is 15.3. The Hall–Kier alpha value is -3.68. The van der Waals surface area contributed by atoms with E-state index >= 15 is 0 Å². The first-order chi connectivity index (χ1) is 14.7. The lowest BCUT2D eigenvalue weighted by atomic mass is 10.0. The second-order valence-corrected chi connectivity index (χ2v) is 9.21. The molecular formula is C21H19N5O3S2. The highest BCUT2D eigenvalue weighted by Crippen LogP contribution is 2.28. The minimum absolute atomic E-state index is 0.112. The van der Waals surface area contributed by atoms with Crippen LogP contribution < -0.4 is 15.8 Å². The maximum Gasteiger partial charge on any atom is 0.326 e. The van der Waals surface area contributed by atoms with Crippen LogP contribution in [0.25, 0.3) is 16.8 Å². The standard InChI is InChI=1S/C21H19N5O3S2/c1-13-3-8-18(14(2)9-13)19-12-30-20(25-19)15(10-22)11-24-16-4-6-17(7-5-16)31(28,29)26-21(23)27/h3-9,11-12,24H,1-2H3,(H3,23,26,27)/b15-11+. The molecule has 0 unspecified atom stereocenters. The number of anilines is 1. The van der Waals surface area contributed by atoms with Gasteiger partial charge in [0.25, 0.3) is 10.0 Å². The fourth-order valence-electron chi connectivity index (χ4n) is 2.84. The van der Waals surface area contributed by atoms with Crippen molar-refractivity contribution in [3.63, 3.8) is 0 Å². The quantitative estimate of drug-likeness (QED) is 0.486. The molecule has 10 heteroatoms. The van der Waals surface area contributed by atoms with E-state index in [1.54, 1.807) is 4.72 Å². The van der Waals surface area contributed by atoms with Gasteiger partial charge >= 0.3 is 6.03 Å². The van der Waals surface area contributed by atoms with Gasteiger partial charge in [-0.3, -0.25) is 0 Å². The van der Waals surface area contributed by atoms with Gasteiger partial charge in [-0.05, 0) is 43.7 Å². The number of nitrogens with one attached hydrogen (secondary N) is 2. The lowest BCUT2D eigenvalue weighted by Gasteiger charge is -2.06. The van der Waals surface area contributed by atoms with Gasteiger partial charge in [0, 0.05) is 22.8 Å². The van der Waals surface area contributed by atoms with Gasteiger partial charge in [0.2, 0.25) is 0 Å². The number of benzene rings is 2. The smallest absolute Gasteiger partial charge is 0.326 e. The van der Waals surface area contributed by atoms with E-state index in [1.165, 1.54) is 47.4 Å². The molecular weight excluding hydrogens is 434 g/mol. The summed E-state index contributed by atoms with van der Waals surface area (Å²) in [6, 6.07) is 12.7. The van der Waals surface area contributed by atoms with Gasteiger partial charge in [0.05, 0.1) is 10.6 Å². The zero-order valence-corrected chi connectivity index (χ0v) is 18.3. The highest BCUT2D eigenvalue weighted by Gasteiger charge is 2.15. The highest BCUT2D eigenvalue weighted by molar-refractivity contribution is 7.90. The van der Waals surface area contributed by atoms with Crippen LogP contribution >= 0.6 is 11.3 Å². The van der Waals surface area contributed by atoms with Crippen LogP contribution in [0.1, 0.15) is 16.1 Å². The van der Waals surface area contributed by atoms with Crippen molar-refractivity contribution in [1.29, 1.82) is 5.26 Å². The van der Waals surface area contributed by atoms with Gasteiger partial charge in [0.15, 0.2) is 0 Å². The van der Waals surface area contributed by atoms with Gasteiger partial charge in [-0.15, -0.1) is 11.3 Å². The van der Waals surface area contributed by atoms with Crippen LogP contribution in [-0.2, 0) is 10.0 Å². The average Bonchev–Trinajstić information content (AvgIpc) is 3.17. The minimum atomic E-state index is -4.01. The Morgan fingerprint density at radius 2 is 1.90 bits per heavy atom. The molecule has 2 aromatic carbocycles. The first-order valence-electron chi connectivity index (χ1n) is 9.02. The third-order valence-electron chi connectivity index (χ3n) is 4.30. The topological polar surface area (TPSA) is 138 Å². The van der Waals surface area contributed by atoms with E-state index < -0.39 is 16.1 Å². The van der Waals surface area contributed by atoms with Crippen LogP contribution in [0.3, 0.4) is 0 Å². The van der Waals surface area contributed by atoms with Crippen molar-refractivity contribution in [1.82, 2.24) is 9.71 Å². The molecule has 0 atom stereocenters. The Kier molecular flexibility index (Phi) is 6.39. The maximum absolute atomic E-state index is 11.9. The molecule has 1 heterocycles. The summed E-state index contributed by atoms with van der Waals surface area (Å²) in [5.41, 5.74) is 9.85. The predicted molar refractivity (Wildman–Crippen MR) is 121 cm³/mol. The molecule has 0 radical (unpaired) electrons. The van der Waals surface area contributed by atoms with Crippen molar-refractivity contribution in [2.75, 3.05) is 5.32 Å². The lowest BCUT2D eigenvalue weighted by molar-refractivity contribution is 0.253. The van der Waals surface area contributed by atoms with E-state index in [0.717, 1.165) is 16.8 Å². The van der Waals surface area contributed by atoms with Crippen LogP contribution in [0.15, 0.2) is 58.9 Å². The Morgan fingerprint density at radius 1 is 1.19 bits per heavy atom. The largest absolute Gasteiger partial charge is 0.360 e. The van der Waals surface area contributed by atoms with Crippen LogP contribution in [0.2, 0.25) is 0 Å². The normalized spacial score (nSPS) is 11.6. The number of nitriles is 1. The number of hydrogen-bond donors (Lipinski definition) is 3. The van der Waals surface area contributed by atoms with Crippen molar-refractivity contribution in [2.24, 2.45) is 5.73 Å². The summed E-state index contributed by atoms with van der Waals surface area (Å²) in [6.45, 7) is 4.05. The molecule has 31 heavy (non-hydrogen) atoms. The number of sulfonamides is 1. The molecule has 0 saturated carbocycles. The molecule has 2 amide bonds. The van der Waals surface area contributed by atoms with Crippen LogP contribution in [0.5, 0.6) is 0 Å². The van der Waals surface area contributed by atoms with Crippen molar-refractivity contribution in [3.8, 4) is 17.3 Å². The van der Waals surface area contributed by atoms with Crippen LogP contribution in [-0.4, -0.2) is 19.4 Å². The zero-order valence-electron chi connectivity index (χ0n) is 16.7. The molecule has 0 aliphatic heterocycles. The van der Waals surface area contributed by atoms with Crippen LogP contribution in [0.4, 0.5) is 10.5 Å². The molecule has 0 saturated heterocycles. The summed E-state index contributed by atoms with van der Waals surface area (Å²) < 4.78 is 25.5. The third-order valence-corrected chi connectivity index (χ3v) is 6.53.